The third-order valence-electron chi connectivity index (χ3n) is 5.37. The van der Waals surface area contributed by atoms with E-state index in [1.807, 2.05) is 5.38 Å². The van der Waals surface area contributed by atoms with Gasteiger partial charge in [-0.3, -0.25) is 4.79 Å². The number of hydrogen-bond donors (Lipinski definition) is 1. The van der Waals surface area contributed by atoms with Crippen LogP contribution in [0.25, 0.3) is 21.5 Å². The number of anilines is 1. The highest BCUT2D eigenvalue weighted by Gasteiger charge is 2.21. The lowest BCUT2D eigenvalue weighted by molar-refractivity contribution is -0.113. The molecule has 1 aliphatic rings. The van der Waals surface area contributed by atoms with Crippen LogP contribution in [0.2, 0.25) is 0 Å². The normalized spacial score (nSPS) is 13.3. The number of aromatic nitrogens is 3. The summed E-state index contributed by atoms with van der Waals surface area (Å²) in [4.78, 5) is 29.1. The van der Waals surface area contributed by atoms with Gasteiger partial charge < -0.3 is 5.32 Å². The van der Waals surface area contributed by atoms with Gasteiger partial charge in [-0.1, -0.05) is 18.7 Å². The van der Waals surface area contributed by atoms with Crippen molar-refractivity contribution in [2.75, 3.05) is 11.1 Å². The molecule has 3 aromatic heterocycles. The van der Waals surface area contributed by atoms with Crippen molar-refractivity contribution in [2.24, 2.45) is 0 Å². The van der Waals surface area contributed by atoms with Crippen LogP contribution >= 0.6 is 34.4 Å². The molecule has 0 fully saturated rings. The number of carbonyl (C=O) groups excluding carboxylic acids is 1. The van der Waals surface area contributed by atoms with Crippen LogP contribution < -0.4 is 5.32 Å². The van der Waals surface area contributed by atoms with Gasteiger partial charge in [0.1, 0.15) is 21.5 Å². The van der Waals surface area contributed by atoms with Gasteiger partial charge in [0.15, 0.2) is 5.13 Å². The minimum Gasteiger partial charge on any atom is -0.301 e. The van der Waals surface area contributed by atoms with E-state index in [0.29, 0.717) is 10.8 Å². The van der Waals surface area contributed by atoms with Gasteiger partial charge in [0.25, 0.3) is 0 Å². The molecule has 0 unspecified atom stereocenters. The van der Waals surface area contributed by atoms with Gasteiger partial charge in [0, 0.05) is 27.6 Å². The van der Waals surface area contributed by atoms with E-state index in [4.69, 9.17) is 9.97 Å². The summed E-state index contributed by atoms with van der Waals surface area (Å²) in [7, 11) is 0. The molecule has 1 aromatic carbocycles. The third-order valence-corrected chi connectivity index (χ3v) is 8.29. The number of fused-ring (bicyclic) bond motifs is 3. The number of carbonyl (C=O) groups is 1. The summed E-state index contributed by atoms with van der Waals surface area (Å²) >= 11 is 4.61. The van der Waals surface area contributed by atoms with Gasteiger partial charge in [-0.15, -0.1) is 22.7 Å². The fourth-order valence-corrected chi connectivity index (χ4v) is 6.76. The van der Waals surface area contributed by atoms with Crippen LogP contribution in [0.1, 0.15) is 36.0 Å². The molecule has 1 amide bonds. The fraction of sp³-hybridized carbons (Fsp3) is 0.304. The first-order valence-corrected chi connectivity index (χ1v) is 13.2. The maximum Gasteiger partial charge on any atom is 0.236 e. The second kappa shape index (κ2) is 9.25. The van der Waals surface area contributed by atoms with Gasteiger partial charge in [-0.05, 0) is 55.5 Å². The van der Waals surface area contributed by atoms with Gasteiger partial charge in [0.05, 0.1) is 11.4 Å². The predicted molar refractivity (Wildman–Crippen MR) is 130 cm³/mol. The summed E-state index contributed by atoms with van der Waals surface area (Å²) in [6, 6.07) is 6.16. The number of nitrogens with zero attached hydrogens (tertiary/aromatic N) is 3. The Morgan fingerprint density at radius 3 is 2.78 bits per heavy atom. The number of hydrogen-bond acceptors (Lipinski definition) is 7. The van der Waals surface area contributed by atoms with Gasteiger partial charge >= 0.3 is 0 Å². The summed E-state index contributed by atoms with van der Waals surface area (Å²) in [6.07, 6.45) is 5.37. The Hall–Kier alpha value is -2.36. The second-order valence-corrected chi connectivity index (χ2v) is 10.5. The number of thioether (sulfide) groups is 1. The van der Waals surface area contributed by atoms with E-state index in [9.17, 15) is 9.18 Å². The molecule has 0 radical (unpaired) electrons. The quantitative estimate of drug-likeness (QED) is 0.264. The number of benzene rings is 1. The Morgan fingerprint density at radius 2 is 1.97 bits per heavy atom. The predicted octanol–water partition coefficient (Wildman–Crippen LogP) is 6.13. The van der Waals surface area contributed by atoms with E-state index >= 15 is 0 Å². The first kappa shape index (κ1) is 21.5. The number of rotatable bonds is 6. The van der Waals surface area contributed by atoms with E-state index in [1.54, 1.807) is 23.5 Å². The van der Waals surface area contributed by atoms with Crippen molar-refractivity contribution in [1.82, 2.24) is 15.0 Å². The number of amides is 1. The van der Waals surface area contributed by atoms with E-state index in [0.717, 1.165) is 45.9 Å². The SMILES string of the molecule is CCc1nc(SCC(=O)Nc2nc(-c3ccc(F)cc3)cs2)c2c3c(sc2n1)CCCC3. The molecule has 1 aliphatic carbocycles. The fourth-order valence-electron chi connectivity index (χ4n) is 3.80. The highest BCUT2D eigenvalue weighted by atomic mass is 32.2. The van der Waals surface area contributed by atoms with Crippen LogP contribution in [0.5, 0.6) is 0 Å². The largest absolute Gasteiger partial charge is 0.301 e. The second-order valence-electron chi connectivity index (χ2n) is 7.57. The van der Waals surface area contributed by atoms with Gasteiger partial charge in [-0.25, -0.2) is 19.3 Å². The summed E-state index contributed by atoms with van der Waals surface area (Å²) in [6.45, 7) is 2.05. The van der Waals surface area contributed by atoms with Crippen molar-refractivity contribution in [2.45, 2.75) is 44.1 Å². The first-order chi connectivity index (χ1) is 15.6. The van der Waals surface area contributed by atoms with Crippen LogP contribution in [0.15, 0.2) is 34.7 Å². The Morgan fingerprint density at radius 1 is 1.16 bits per heavy atom. The Bertz CT molecular complexity index is 1280. The molecule has 3 heterocycles. The number of thiophene rings is 1. The minimum atomic E-state index is -0.286. The van der Waals surface area contributed by atoms with Crippen LogP contribution in [0, 0.1) is 5.82 Å². The molecular weight excluding hydrogens is 463 g/mol. The number of nitrogens with one attached hydrogen (secondary N) is 1. The highest BCUT2D eigenvalue weighted by Crippen LogP contribution is 2.39. The Labute approximate surface area is 197 Å². The molecule has 5 rings (SSSR count). The lowest BCUT2D eigenvalue weighted by Gasteiger charge is -2.12. The first-order valence-electron chi connectivity index (χ1n) is 10.6. The van der Waals surface area contributed by atoms with Crippen LogP contribution in [-0.2, 0) is 24.1 Å². The minimum absolute atomic E-state index is 0.121. The van der Waals surface area contributed by atoms with Crippen molar-refractivity contribution >= 4 is 55.7 Å². The van der Waals surface area contributed by atoms with Gasteiger partial charge in [0.2, 0.25) is 5.91 Å². The van der Waals surface area contributed by atoms with Crippen molar-refractivity contribution in [3.63, 3.8) is 0 Å². The molecule has 5 nitrogen and oxygen atoms in total. The molecule has 9 heteroatoms. The number of thiazole rings is 1. The molecule has 0 aliphatic heterocycles. The zero-order valence-corrected chi connectivity index (χ0v) is 19.9. The monoisotopic (exact) mass is 484 g/mol. The molecule has 32 heavy (non-hydrogen) atoms. The standard InChI is InChI=1S/C23H21FN4OS3/c1-2-18-26-21(20-15-5-3-4-6-17(15)32-22(20)27-18)30-12-19(29)28-23-25-16(11-31-23)13-7-9-14(24)10-8-13/h7-11H,2-6,12H2,1H3,(H,25,28,29). The molecular formula is C23H21FN4OS3. The van der Waals surface area contributed by atoms with E-state index in [1.165, 1.54) is 58.5 Å². The third kappa shape index (κ3) is 4.42. The maximum atomic E-state index is 13.1. The lowest BCUT2D eigenvalue weighted by atomic mass is 9.97. The van der Waals surface area contributed by atoms with E-state index in [2.05, 4.69) is 17.2 Å². The van der Waals surface area contributed by atoms with Crippen LogP contribution in [0.3, 0.4) is 0 Å². The zero-order chi connectivity index (χ0) is 22.1. The number of aryl methyl sites for hydroxylation is 3. The van der Waals surface area contributed by atoms with Crippen molar-refractivity contribution in [3.8, 4) is 11.3 Å². The summed E-state index contributed by atoms with van der Waals surface area (Å²) in [5.41, 5.74) is 2.91. The molecule has 0 saturated heterocycles. The molecule has 0 spiro atoms. The zero-order valence-electron chi connectivity index (χ0n) is 17.5. The lowest BCUT2D eigenvalue weighted by Crippen LogP contribution is -2.14. The molecule has 4 aromatic rings. The van der Waals surface area contributed by atoms with Gasteiger partial charge in [-0.2, -0.15) is 0 Å². The smallest absolute Gasteiger partial charge is 0.236 e. The molecule has 1 N–H and O–H groups in total. The average molecular weight is 485 g/mol. The molecule has 164 valence electrons. The number of halogens is 1. The topological polar surface area (TPSA) is 67.8 Å². The van der Waals surface area contributed by atoms with E-state index in [-0.39, 0.29) is 17.5 Å². The molecule has 0 bridgehead atoms. The van der Waals surface area contributed by atoms with Crippen LogP contribution in [0.4, 0.5) is 9.52 Å². The Balaban J connectivity index is 1.31. The molecule has 0 saturated carbocycles. The van der Waals surface area contributed by atoms with Crippen LogP contribution in [-0.4, -0.2) is 26.6 Å². The Kier molecular flexibility index (Phi) is 6.21. The summed E-state index contributed by atoms with van der Waals surface area (Å²) in [5, 5.41) is 7.32. The molecule has 0 atom stereocenters. The maximum absolute atomic E-state index is 13.1. The summed E-state index contributed by atoms with van der Waals surface area (Å²) < 4.78 is 13.1. The average Bonchev–Trinajstić information content (AvgIpc) is 3.42. The highest BCUT2D eigenvalue weighted by molar-refractivity contribution is 8.00. The van der Waals surface area contributed by atoms with Crippen molar-refractivity contribution in [1.29, 1.82) is 0 Å². The van der Waals surface area contributed by atoms with Crippen molar-refractivity contribution in [3.05, 3.63) is 51.7 Å². The van der Waals surface area contributed by atoms with E-state index < -0.39 is 0 Å². The summed E-state index contributed by atoms with van der Waals surface area (Å²) in [5.74, 6) is 0.670. The van der Waals surface area contributed by atoms with Crippen molar-refractivity contribution < 1.29 is 9.18 Å².